The summed E-state index contributed by atoms with van der Waals surface area (Å²) in [7, 11) is 0. The fraction of sp³-hybridized carbons (Fsp3) is 0.368. The number of benzene rings is 2. The lowest BCUT2D eigenvalue weighted by molar-refractivity contribution is 0.723. The second-order valence-corrected chi connectivity index (χ2v) is 5.47. The van der Waals surface area contributed by atoms with Gasteiger partial charge in [-0.1, -0.05) is 25.1 Å². The second-order valence-electron chi connectivity index (χ2n) is 5.47. The van der Waals surface area contributed by atoms with Crippen molar-refractivity contribution in [3.8, 4) is 0 Å². The average molecular weight is 282 g/mol. The zero-order valence-electron chi connectivity index (χ0n) is 13.6. The monoisotopic (exact) mass is 282 g/mol. The summed E-state index contributed by atoms with van der Waals surface area (Å²) in [5, 5.41) is 3.39. The summed E-state index contributed by atoms with van der Waals surface area (Å²) in [6.45, 7) is 11.6. The molecule has 1 N–H and O–H groups in total. The zero-order chi connectivity index (χ0) is 15.2. The molecule has 2 rings (SSSR count). The maximum atomic E-state index is 3.39. The molecule has 0 spiro atoms. The van der Waals surface area contributed by atoms with Gasteiger partial charge in [-0.3, -0.25) is 0 Å². The molecule has 0 fully saturated rings. The van der Waals surface area contributed by atoms with E-state index in [-0.39, 0.29) is 0 Å². The minimum Gasteiger partial charge on any atom is -0.342 e. The molecule has 2 aromatic rings. The Bertz CT molecular complexity index is 590. The van der Waals surface area contributed by atoms with Crippen molar-refractivity contribution in [2.45, 2.75) is 34.2 Å². The highest BCUT2D eigenvalue weighted by molar-refractivity contribution is 5.64. The molecule has 2 heteroatoms. The second kappa shape index (κ2) is 7.28. The minimum absolute atomic E-state index is 0.944. The van der Waals surface area contributed by atoms with Crippen LogP contribution in [0.1, 0.15) is 30.5 Å². The van der Waals surface area contributed by atoms with Gasteiger partial charge in [0.15, 0.2) is 0 Å². The van der Waals surface area contributed by atoms with E-state index in [0.29, 0.717) is 0 Å². The Kier molecular flexibility index (Phi) is 5.40. The SMILES string of the molecule is CCNCc1ccc(N(CC)c2cccc(C)c2)cc1C. The average Bonchev–Trinajstić information content (AvgIpc) is 2.47. The van der Waals surface area contributed by atoms with Gasteiger partial charge >= 0.3 is 0 Å². The predicted molar refractivity (Wildman–Crippen MR) is 92.4 cm³/mol. The highest BCUT2D eigenvalue weighted by atomic mass is 15.1. The predicted octanol–water partition coefficient (Wildman–Crippen LogP) is 4.57. The molecule has 21 heavy (non-hydrogen) atoms. The summed E-state index contributed by atoms with van der Waals surface area (Å²) in [5.41, 5.74) is 6.55. The fourth-order valence-electron chi connectivity index (χ4n) is 2.62. The Labute approximate surface area is 128 Å². The van der Waals surface area contributed by atoms with Gasteiger partial charge in [0.05, 0.1) is 0 Å². The molecule has 0 bridgehead atoms. The van der Waals surface area contributed by atoms with Crippen molar-refractivity contribution in [2.75, 3.05) is 18.0 Å². The van der Waals surface area contributed by atoms with Gasteiger partial charge in [-0.2, -0.15) is 0 Å². The lowest BCUT2D eigenvalue weighted by Crippen LogP contribution is -2.17. The largest absolute Gasteiger partial charge is 0.342 e. The van der Waals surface area contributed by atoms with Gasteiger partial charge < -0.3 is 10.2 Å². The normalized spacial score (nSPS) is 10.7. The van der Waals surface area contributed by atoms with Gasteiger partial charge in [-0.15, -0.1) is 0 Å². The van der Waals surface area contributed by atoms with E-state index in [0.717, 1.165) is 19.6 Å². The van der Waals surface area contributed by atoms with Crippen LogP contribution in [0.15, 0.2) is 42.5 Å². The molecular weight excluding hydrogens is 256 g/mol. The lowest BCUT2D eigenvalue weighted by Gasteiger charge is -2.24. The molecule has 0 unspecified atom stereocenters. The number of aryl methyl sites for hydroxylation is 2. The Hall–Kier alpha value is -1.80. The highest BCUT2D eigenvalue weighted by Gasteiger charge is 2.09. The van der Waals surface area contributed by atoms with Crippen LogP contribution in [0.5, 0.6) is 0 Å². The zero-order valence-corrected chi connectivity index (χ0v) is 13.6. The van der Waals surface area contributed by atoms with Crippen molar-refractivity contribution in [3.63, 3.8) is 0 Å². The van der Waals surface area contributed by atoms with Gasteiger partial charge in [0.1, 0.15) is 0 Å². The third-order valence-electron chi connectivity index (χ3n) is 3.83. The van der Waals surface area contributed by atoms with Crippen molar-refractivity contribution < 1.29 is 0 Å². The molecule has 0 amide bonds. The first-order valence-corrected chi connectivity index (χ1v) is 7.80. The number of hydrogen-bond donors (Lipinski definition) is 1. The maximum Gasteiger partial charge on any atom is 0.0413 e. The van der Waals surface area contributed by atoms with Crippen LogP contribution >= 0.6 is 0 Å². The van der Waals surface area contributed by atoms with E-state index < -0.39 is 0 Å². The molecule has 0 aliphatic rings. The van der Waals surface area contributed by atoms with Gasteiger partial charge in [0, 0.05) is 24.5 Å². The summed E-state index contributed by atoms with van der Waals surface area (Å²) < 4.78 is 0. The number of nitrogens with one attached hydrogen (secondary N) is 1. The first kappa shape index (κ1) is 15.6. The smallest absolute Gasteiger partial charge is 0.0413 e. The van der Waals surface area contributed by atoms with E-state index >= 15 is 0 Å². The highest BCUT2D eigenvalue weighted by Crippen LogP contribution is 2.27. The van der Waals surface area contributed by atoms with E-state index in [1.807, 2.05) is 0 Å². The molecule has 0 atom stereocenters. The molecule has 0 aromatic heterocycles. The molecule has 0 saturated heterocycles. The molecule has 2 aromatic carbocycles. The minimum atomic E-state index is 0.944. The van der Waals surface area contributed by atoms with Gasteiger partial charge in [0.25, 0.3) is 0 Å². The van der Waals surface area contributed by atoms with E-state index in [1.54, 1.807) is 0 Å². The topological polar surface area (TPSA) is 15.3 Å². The summed E-state index contributed by atoms with van der Waals surface area (Å²) in [4.78, 5) is 2.36. The van der Waals surface area contributed by atoms with Gasteiger partial charge in [-0.25, -0.2) is 0 Å². The molecular formula is C19H26N2. The van der Waals surface area contributed by atoms with E-state index in [9.17, 15) is 0 Å². The molecule has 0 aliphatic carbocycles. The first-order chi connectivity index (χ1) is 10.2. The van der Waals surface area contributed by atoms with E-state index in [4.69, 9.17) is 0 Å². The van der Waals surface area contributed by atoms with Crippen LogP contribution in [-0.2, 0) is 6.54 Å². The van der Waals surface area contributed by atoms with E-state index in [2.05, 4.69) is 80.4 Å². The van der Waals surface area contributed by atoms with Crippen molar-refractivity contribution >= 4 is 11.4 Å². The van der Waals surface area contributed by atoms with Gasteiger partial charge in [0.2, 0.25) is 0 Å². The lowest BCUT2D eigenvalue weighted by atomic mass is 10.1. The van der Waals surface area contributed by atoms with Crippen molar-refractivity contribution in [2.24, 2.45) is 0 Å². The Balaban J connectivity index is 2.28. The summed E-state index contributed by atoms with van der Waals surface area (Å²) in [6.07, 6.45) is 0. The van der Waals surface area contributed by atoms with Crippen LogP contribution in [0.2, 0.25) is 0 Å². The molecule has 0 saturated carbocycles. The van der Waals surface area contributed by atoms with Crippen molar-refractivity contribution in [1.82, 2.24) is 5.32 Å². The maximum absolute atomic E-state index is 3.39. The Morgan fingerprint density at radius 1 is 0.952 bits per heavy atom. The van der Waals surface area contributed by atoms with Crippen LogP contribution in [0.25, 0.3) is 0 Å². The quantitative estimate of drug-likeness (QED) is 0.835. The molecule has 112 valence electrons. The molecule has 0 radical (unpaired) electrons. The molecule has 2 nitrogen and oxygen atoms in total. The van der Waals surface area contributed by atoms with Crippen LogP contribution in [0, 0.1) is 13.8 Å². The van der Waals surface area contributed by atoms with Crippen LogP contribution in [0.3, 0.4) is 0 Å². The summed E-state index contributed by atoms with van der Waals surface area (Å²) in [5.74, 6) is 0. The van der Waals surface area contributed by atoms with Crippen LogP contribution in [0.4, 0.5) is 11.4 Å². The first-order valence-electron chi connectivity index (χ1n) is 7.80. The third kappa shape index (κ3) is 3.85. The van der Waals surface area contributed by atoms with E-state index in [1.165, 1.54) is 28.1 Å². The van der Waals surface area contributed by atoms with Crippen molar-refractivity contribution in [1.29, 1.82) is 0 Å². The Morgan fingerprint density at radius 2 is 1.71 bits per heavy atom. The van der Waals surface area contributed by atoms with Crippen molar-refractivity contribution in [3.05, 3.63) is 59.2 Å². The number of anilines is 2. The standard InChI is InChI=1S/C19H26N2/c1-5-20-14-17-10-11-19(13-16(17)4)21(6-2)18-9-7-8-15(3)12-18/h7-13,20H,5-6,14H2,1-4H3. The number of rotatable bonds is 6. The molecule has 0 heterocycles. The summed E-state index contributed by atoms with van der Waals surface area (Å²) >= 11 is 0. The number of hydrogen-bond acceptors (Lipinski definition) is 2. The molecule has 0 aliphatic heterocycles. The Morgan fingerprint density at radius 3 is 2.33 bits per heavy atom. The fourth-order valence-corrected chi connectivity index (χ4v) is 2.62. The van der Waals surface area contributed by atoms with Crippen LogP contribution < -0.4 is 10.2 Å². The third-order valence-corrected chi connectivity index (χ3v) is 3.83. The summed E-state index contributed by atoms with van der Waals surface area (Å²) in [6, 6.07) is 15.4. The van der Waals surface area contributed by atoms with Gasteiger partial charge in [-0.05, 0) is 68.3 Å². The number of nitrogens with zero attached hydrogens (tertiary/aromatic N) is 1. The van der Waals surface area contributed by atoms with Crippen LogP contribution in [-0.4, -0.2) is 13.1 Å².